The van der Waals surface area contributed by atoms with E-state index in [-0.39, 0.29) is 95.2 Å². The van der Waals surface area contributed by atoms with Gasteiger partial charge in [0, 0.05) is 29.3 Å². The lowest BCUT2D eigenvalue weighted by Gasteiger charge is -2.32. The van der Waals surface area contributed by atoms with Gasteiger partial charge in [0.25, 0.3) is 5.91 Å². The molecule has 3 aliphatic heterocycles. The number of aryl methyl sites for hydroxylation is 2. The number of nitrogens with two attached hydrogens (primary N) is 4. The van der Waals surface area contributed by atoms with Crippen molar-refractivity contribution in [1.29, 1.82) is 0 Å². The van der Waals surface area contributed by atoms with E-state index in [4.69, 9.17) is 22.9 Å². The molecule has 2 fully saturated rings. The summed E-state index contributed by atoms with van der Waals surface area (Å²) in [5.41, 5.74) is 28.4. The number of hydrogen-bond acceptors (Lipinski definition) is 18. The zero-order valence-corrected chi connectivity index (χ0v) is 68.1. The SMILES string of the molecule is Cc1sc2cc1C1=C(CCC1)c1cc(sc1C)C(=O)[C@H]1CCCN1C(=O)[C@H](C(C)C)NC(=O)[C@H](CCCCN)NC(=O)[C@H](CC(C)C)NC(=O)[C@H](CCCCN)NC(=O)[C@@H]1CCCN1C(=O)[C@@H](Cc1ccccc1)NC(=O)[C@H](CCCCN)NC(=O)[C@H](C(C)C)NC(=O)[C@H](CCCCN)NC(=O)[C@H](CC(C)C)NC2=O. The molecular weight excluding hydrogens is 1440 g/mol. The first kappa shape index (κ1) is 89.2. The molecule has 4 bridgehead atoms. The minimum Gasteiger partial charge on any atom is -0.343 e. The molecule has 2 aromatic heterocycles. The summed E-state index contributed by atoms with van der Waals surface area (Å²) in [5, 5.41) is 26.3. The van der Waals surface area contributed by atoms with Crippen molar-refractivity contribution < 1.29 is 57.5 Å². The summed E-state index contributed by atoms with van der Waals surface area (Å²) in [7, 11) is 0. The van der Waals surface area contributed by atoms with Crippen LogP contribution in [0, 0.1) is 37.5 Å². The molecule has 11 atom stereocenters. The van der Waals surface area contributed by atoms with Gasteiger partial charge in [0.1, 0.15) is 60.4 Å². The summed E-state index contributed by atoms with van der Waals surface area (Å²) >= 11 is 2.66. The van der Waals surface area contributed by atoms with Crippen molar-refractivity contribution >= 4 is 105 Å². The van der Waals surface area contributed by atoms with E-state index in [0.717, 1.165) is 38.4 Å². The van der Waals surface area contributed by atoms with E-state index >= 15 is 9.59 Å². The number of thiophene rings is 2. The van der Waals surface area contributed by atoms with Gasteiger partial charge < -0.3 is 80.6 Å². The summed E-state index contributed by atoms with van der Waals surface area (Å²) < 4.78 is 0. The standard InChI is InChI=1S/C81H125N15O12S2/c1-46(2)41-61-75(102)87-60(32-17-21-38-85)74(101)94-69(49(7)8)81(108)95-39-23-33-64(95)70(97)66-44-55(50(9)109-66)53-27-22-28-54(53)56-45-67(110-51(56)10)78(105)91-62(42-47(3)4)76(103)86-59(31-16-20-37-84)73(100)93-68(48(5)6)79(106)89-58(30-15-19-36-83)72(99)92-63(43-52-25-12-11-13-26-52)80(107)96-40-24-34-65(96)77(104)88-57(71(98)90-61)29-14-18-35-82/h11-13,25-26,44-49,57-65,68-69H,14-24,27-43,82-85H2,1-10H3,(H,86,103)(H,87,102)(H,88,104)(H,89,106)(H,90,98)(H,91,105)(H,92,99)(H,93,100)(H,94,101)/t57-,58-,59-,60-,61-,62-,63+,64+,65-,68-,69-/m0/s1. The Balaban J connectivity index is 1.28. The Bertz CT molecular complexity index is 3690. The molecule has 608 valence electrons. The lowest BCUT2D eigenvalue weighted by Crippen LogP contribution is -2.61. The van der Waals surface area contributed by atoms with Crippen LogP contribution in [0.2, 0.25) is 0 Å². The second-order valence-corrected chi connectivity index (χ2v) is 34.2. The van der Waals surface area contributed by atoms with E-state index in [2.05, 4.69) is 47.9 Å². The first-order valence-electron chi connectivity index (χ1n) is 40.2. The zero-order chi connectivity index (χ0) is 80.5. The minimum absolute atomic E-state index is 0.0235. The van der Waals surface area contributed by atoms with E-state index in [0.29, 0.717) is 112 Å². The number of carbonyl (C=O) groups is 12. The summed E-state index contributed by atoms with van der Waals surface area (Å²) in [4.78, 5) is 184. The van der Waals surface area contributed by atoms with Crippen LogP contribution < -0.4 is 70.8 Å². The lowest BCUT2D eigenvalue weighted by atomic mass is 9.96. The van der Waals surface area contributed by atoms with E-state index < -0.39 is 143 Å². The number of nitrogens with zero attached hydrogens (tertiary/aromatic N) is 2. The number of amides is 11. The minimum atomic E-state index is -1.29. The van der Waals surface area contributed by atoms with Crippen LogP contribution in [-0.4, -0.2) is 186 Å². The van der Waals surface area contributed by atoms with Crippen molar-refractivity contribution in [1.82, 2.24) is 57.7 Å². The summed E-state index contributed by atoms with van der Waals surface area (Å²) in [5.74, 6) is -8.39. The normalized spacial score (nSPS) is 24.8. The molecule has 0 saturated carbocycles. The average molecular weight is 1570 g/mol. The zero-order valence-electron chi connectivity index (χ0n) is 66.4. The maximum Gasteiger partial charge on any atom is 0.262 e. The van der Waals surface area contributed by atoms with Crippen LogP contribution in [0.15, 0.2) is 42.5 Å². The number of rotatable bonds is 24. The maximum atomic E-state index is 15.3. The molecule has 17 N–H and O–H groups in total. The molecule has 11 amide bonds. The smallest absolute Gasteiger partial charge is 0.262 e. The molecule has 0 unspecified atom stereocenters. The first-order chi connectivity index (χ1) is 52.5. The third-order valence-corrected chi connectivity index (χ3v) is 23.3. The molecule has 5 heterocycles. The number of allylic oxidation sites excluding steroid dienone is 2. The topological polar surface area (TPSA) is 424 Å². The van der Waals surface area contributed by atoms with Gasteiger partial charge in [0.15, 0.2) is 5.78 Å². The van der Waals surface area contributed by atoms with Gasteiger partial charge in [-0.15, -0.1) is 22.7 Å². The second kappa shape index (κ2) is 43.7. The molecule has 2 saturated heterocycles. The van der Waals surface area contributed by atoms with E-state index in [1.807, 2.05) is 53.7 Å². The quantitative estimate of drug-likeness (QED) is 0.0469. The van der Waals surface area contributed by atoms with Crippen molar-refractivity contribution in [3.8, 4) is 0 Å². The summed E-state index contributed by atoms with van der Waals surface area (Å²) in [6.45, 7) is 20.1. The number of nitrogens with one attached hydrogen (secondary N) is 9. The van der Waals surface area contributed by atoms with Gasteiger partial charge in [-0.05, 0) is 239 Å². The Labute approximate surface area is 657 Å². The fraction of sp³-hybridized carbons (Fsp3) is 0.654. The van der Waals surface area contributed by atoms with Crippen LogP contribution in [0.4, 0.5) is 0 Å². The average Bonchev–Trinajstić information content (AvgIpc) is 1.62. The number of ketones is 1. The van der Waals surface area contributed by atoms with Gasteiger partial charge in [0.2, 0.25) is 59.1 Å². The Hall–Kier alpha value is -7.96. The van der Waals surface area contributed by atoms with E-state index in [9.17, 15) is 47.9 Å². The number of fused-ring (bicyclic) bond motifs is 8. The molecule has 27 nitrogen and oxygen atoms in total. The van der Waals surface area contributed by atoms with Gasteiger partial charge in [-0.3, -0.25) is 57.5 Å². The van der Waals surface area contributed by atoms with Crippen LogP contribution in [-0.2, 0) is 54.4 Å². The number of unbranched alkanes of at least 4 members (excludes halogenated alkanes) is 4. The molecule has 1 aliphatic carbocycles. The molecule has 7 rings (SSSR count). The van der Waals surface area contributed by atoms with Crippen LogP contribution in [0.1, 0.15) is 236 Å². The third-order valence-electron chi connectivity index (χ3n) is 21.2. The van der Waals surface area contributed by atoms with Crippen molar-refractivity contribution in [2.75, 3.05) is 39.3 Å². The van der Waals surface area contributed by atoms with Gasteiger partial charge in [-0.25, -0.2) is 0 Å². The lowest BCUT2D eigenvalue weighted by molar-refractivity contribution is -0.142. The van der Waals surface area contributed by atoms with Crippen molar-refractivity contribution in [2.45, 2.75) is 277 Å². The Kier molecular flexibility index (Phi) is 35.5. The molecule has 0 radical (unpaired) electrons. The number of benzene rings is 1. The number of carbonyl (C=O) groups excluding carboxylic acids is 12. The third kappa shape index (κ3) is 25.0. The molecule has 3 aromatic rings. The van der Waals surface area contributed by atoms with Crippen molar-refractivity contribution in [3.05, 3.63) is 78.7 Å². The first-order valence-corrected chi connectivity index (χ1v) is 41.8. The fourth-order valence-electron chi connectivity index (χ4n) is 15.2. The highest BCUT2D eigenvalue weighted by molar-refractivity contribution is 7.14. The van der Waals surface area contributed by atoms with Crippen molar-refractivity contribution in [3.63, 3.8) is 0 Å². The Morgan fingerprint density at radius 1 is 0.409 bits per heavy atom. The predicted molar refractivity (Wildman–Crippen MR) is 430 cm³/mol. The Morgan fingerprint density at radius 2 is 0.791 bits per heavy atom. The number of hydrogen-bond donors (Lipinski definition) is 13. The van der Waals surface area contributed by atoms with Crippen LogP contribution >= 0.6 is 22.7 Å². The monoisotopic (exact) mass is 1560 g/mol. The van der Waals surface area contributed by atoms with Crippen LogP contribution in [0.5, 0.6) is 0 Å². The van der Waals surface area contributed by atoms with Gasteiger partial charge in [0.05, 0.1) is 15.8 Å². The fourth-order valence-corrected chi connectivity index (χ4v) is 17.2. The highest BCUT2D eigenvalue weighted by atomic mass is 32.1. The second-order valence-electron chi connectivity index (χ2n) is 31.7. The van der Waals surface area contributed by atoms with Crippen LogP contribution in [0.25, 0.3) is 11.1 Å². The molecule has 4 aliphatic rings. The Morgan fingerprint density at radius 3 is 1.25 bits per heavy atom. The van der Waals surface area contributed by atoms with Crippen LogP contribution in [0.3, 0.4) is 0 Å². The predicted octanol–water partition coefficient (Wildman–Crippen LogP) is 5.84. The molecular formula is C81H125N15O12S2. The highest BCUT2D eigenvalue weighted by Gasteiger charge is 2.44. The van der Waals surface area contributed by atoms with Gasteiger partial charge in [-0.2, -0.15) is 0 Å². The molecule has 29 heteroatoms. The highest BCUT2D eigenvalue weighted by Crippen LogP contribution is 2.45. The summed E-state index contributed by atoms with van der Waals surface area (Å²) in [6.07, 6.45) is 8.14. The molecule has 1 aromatic carbocycles. The van der Waals surface area contributed by atoms with Crippen molar-refractivity contribution in [2.24, 2.45) is 46.6 Å². The summed E-state index contributed by atoms with van der Waals surface area (Å²) in [6, 6.07) is -0.0317. The van der Waals surface area contributed by atoms with Gasteiger partial charge in [-0.1, -0.05) is 85.7 Å². The van der Waals surface area contributed by atoms with E-state index in [1.165, 1.54) is 27.6 Å². The van der Waals surface area contributed by atoms with Gasteiger partial charge >= 0.3 is 0 Å². The maximum absolute atomic E-state index is 15.3. The molecule has 110 heavy (non-hydrogen) atoms. The number of Topliss-reactive ketones (excluding diaryl/α,β-unsaturated/α-hetero) is 1. The largest absolute Gasteiger partial charge is 0.343 e. The molecule has 0 spiro atoms. The van der Waals surface area contributed by atoms with E-state index in [1.54, 1.807) is 62.9 Å².